The Morgan fingerprint density at radius 2 is 1.89 bits per heavy atom. The number of allylic oxidation sites excluding steroid dienone is 2. The summed E-state index contributed by atoms with van der Waals surface area (Å²) in [5.41, 5.74) is 0. The van der Waals surface area contributed by atoms with Gasteiger partial charge in [-0.3, -0.25) is 9.59 Å². The van der Waals surface area contributed by atoms with E-state index >= 15 is 0 Å². The molecule has 1 aliphatic carbocycles. The molecule has 0 saturated heterocycles. The lowest BCUT2D eigenvalue weighted by atomic mass is 9.82. The zero-order valence-corrected chi connectivity index (χ0v) is 11.8. The van der Waals surface area contributed by atoms with Crippen LogP contribution in [0.3, 0.4) is 0 Å². The maximum atomic E-state index is 12.5. The Bertz CT molecular complexity index is 351. The number of ether oxygens (including phenoxy) is 1. The Kier molecular flexibility index (Phi) is 6.02. The van der Waals surface area contributed by atoms with Crippen molar-refractivity contribution in [3.63, 3.8) is 0 Å². The van der Waals surface area contributed by atoms with Gasteiger partial charge in [-0.05, 0) is 26.7 Å². The second-order valence-corrected chi connectivity index (χ2v) is 5.11. The molecule has 108 valence electrons. The summed E-state index contributed by atoms with van der Waals surface area (Å²) in [7, 11) is 1.59. The molecular formula is C14H23NO4. The molecule has 0 aliphatic heterocycles. The second kappa shape index (κ2) is 7.28. The number of carbonyl (C=O) groups excluding carboxylic acids is 1. The van der Waals surface area contributed by atoms with Crippen molar-refractivity contribution in [3.8, 4) is 0 Å². The van der Waals surface area contributed by atoms with Gasteiger partial charge in [0.05, 0.1) is 18.4 Å². The van der Waals surface area contributed by atoms with E-state index in [0.717, 1.165) is 0 Å². The molecule has 0 spiro atoms. The predicted octanol–water partition coefficient (Wildman–Crippen LogP) is 1.54. The maximum Gasteiger partial charge on any atom is 0.307 e. The number of hydrogen-bond acceptors (Lipinski definition) is 3. The Morgan fingerprint density at radius 1 is 1.32 bits per heavy atom. The van der Waals surface area contributed by atoms with E-state index in [9.17, 15) is 14.7 Å². The van der Waals surface area contributed by atoms with Crippen molar-refractivity contribution in [1.29, 1.82) is 0 Å². The first-order chi connectivity index (χ1) is 8.99. The number of methoxy groups -OCH3 is 1. The van der Waals surface area contributed by atoms with Gasteiger partial charge in [0, 0.05) is 19.7 Å². The largest absolute Gasteiger partial charge is 0.481 e. The summed E-state index contributed by atoms with van der Waals surface area (Å²) in [5.74, 6) is -2.04. The lowest BCUT2D eigenvalue weighted by molar-refractivity contribution is -0.151. The minimum atomic E-state index is -0.891. The van der Waals surface area contributed by atoms with E-state index < -0.39 is 17.8 Å². The predicted molar refractivity (Wildman–Crippen MR) is 71.7 cm³/mol. The van der Waals surface area contributed by atoms with Crippen LogP contribution in [-0.4, -0.2) is 48.2 Å². The molecule has 0 aromatic heterocycles. The van der Waals surface area contributed by atoms with Crippen LogP contribution in [-0.2, 0) is 14.3 Å². The lowest BCUT2D eigenvalue weighted by Gasteiger charge is -2.33. The molecular weight excluding hydrogens is 246 g/mol. The number of amides is 1. The molecule has 19 heavy (non-hydrogen) atoms. The van der Waals surface area contributed by atoms with Crippen LogP contribution >= 0.6 is 0 Å². The Morgan fingerprint density at radius 3 is 2.37 bits per heavy atom. The summed E-state index contributed by atoms with van der Waals surface area (Å²) in [4.78, 5) is 25.5. The van der Waals surface area contributed by atoms with E-state index in [-0.39, 0.29) is 11.9 Å². The first kappa shape index (κ1) is 15.7. The minimum absolute atomic E-state index is 0.0444. The third-order valence-electron chi connectivity index (χ3n) is 3.51. The third kappa shape index (κ3) is 4.06. The summed E-state index contributed by atoms with van der Waals surface area (Å²) in [5, 5.41) is 9.22. The third-order valence-corrected chi connectivity index (χ3v) is 3.51. The van der Waals surface area contributed by atoms with Crippen molar-refractivity contribution in [2.24, 2.45) is 11.8 Å². The van der Waals surface area contributed by atoms with E-state index in [1.807, 2.05) is 26.0 Å². The Hall–Kier alpha value is -1.36. The van der Waals surface area contributed by atoms with Gasteiger partial charge in [0.15, 0.2) is 0 Å². The molecule has 0 heterocycles. The molecule has 0 aromatic rings. The average Bonchev–Trinajstić information content (AvgIpc) is 2.38. The number of carbonyl (C=O) groups is 2. The van der Waals surface area contributed by atoms with E-state index in [2.05, 4.69) is 0 Å². The summed E-state index contributed by atoms with van der Waals surface area (Å²) in [6.07, 6.45) is 4.68. The molecule has 0 radical (unpaired) electrons. The monoisotopic (exact) mass is 269 g/mol. The summed E-state index contributed by atoms with van der Waals surface area (Å²) >= 11 is 0. The van der Waals surface area contributed by atoms with Crippen molar-refractivity contribution in [2.45, 2.75) is 32.7 Å². The highest BCUT2D eigenvalue weighted by Gasteiger charge is 2.36. The molecule has 1 aliphatic rings. The number of rotatable bonds is 6. The molecule has 0 aromatic carbocycles. The fraction of sp³-hybridized carbons (Fsp3) is 0.714. The Balaban J connectivity index is 2.81. The van der Waals surface area contributed by atoms with Gasteiger partial charge in [-0.1, -0.05) is 12.2 Å². The number of aliphatic carboxylic acids is 1. The smallest absolute Gasteiger partial charge is 0.307 e. The zero-order chi connectivity index (χ0) is 14.4. The lowest BCUT2D eigenvalue weighted by Crippen LogP contribution is -2.46. The molecule has 2 atom stereocenters. The van der Waals surface area contributed by atoms with Crippen molar-refractivity contribution < 1.29 is 19.4 Å². The van der Waals surface area contributed by atoms with Gasteiger partial charge < -0.3 is 14.7 Å². The molecule has 5 nitrogen and oxygen atoms in total. The zero-order valence-electron chi connectivity index (χ0n) is 11.8. The van der Waals surface area contributed by atoms with Gasteiger partial charge in [0.25, 0.3) is 0 Å². The van der Waals surface area contributed by atoms with Gasteiger partial charge in [-0.2, -0.15) is 0 Å². The minimum Gasteiger partial charge on any atom is -0.481 e. The van der Waals surface area contributed by atoms with Crippen molar-refractivity contribution in [2.75, 3.05) is 20.3 Å². The van der Waals surface area contributed by atoms with E-state index in [1.54, 1.807) is 12.0 Å². The SMILES string of the molecule is COCCN(C(=O)[C@@H]1CC=CC[C@@H]1C(=O)O)C(C)C. The highest BCUT2D eigenvalue weighted by Crippen LogP contribution is 2.28. The van der Waals surface area contributed by atoms with E-state index in [0.29, 0.717) is 26.0 Å². The number of nitrogens with zero attached hydrogens (tertiary/aromatic N) is 1. The van der Waals surface area contributed by atoms with Crippen LogP contribution in [0.1, 0.15) is 26.7 Å². The summed E-state index contributed by atoms with van der Waals surface area (Å²) in [6.45, 7) is 4.83. The normalized spacial score (nSPS) is 22.5. The van der Waals surface area contributed by atoms with Crippen molar-refractivity contribution in [3.05, 3.63) is 12.2 Å². The maximum absolute atomic E-state index is 12.5. The van der Waals surface area contributed by atoms with Gasteiger partial charge in [0.2, 0.25) is 5.91 Å². The van der Waals surface area contributed by atoms with Crippen LogP contribution in [0.2, 0.25) is 0 Å². The van der Waals surface area contributed by atoms with Crippen LogP contribution in [0.25, 0.3) is 0 Å². The topological polar surface area (TPSA) is 66.8 Å². The number of carboxylic acid groups (broad SMARTS) is 1. The average molecular weight is 269 g/mol. The molecule has 0 unspecified atom stereocenters. The standard InChI is InChI=1S/C14H23NO4/c1-10(2)15(8-9-19-3)13(16)11-6-4-5-7-12(11)14(17)18/h4-5,10-12H,6-9H2,1-3H3,(H,17,18)/t11-,12+/m1/s1. The molecule has 1 amide bonds. The molecule has 0 bridgehead atoms. The van der Waals surface area contributed by atoms with Crippen molar-refractivity contribution >= 4 is 11.9 Å². The van der Waals surface area contributed by atoms with Gasteiger partial charge in [0.1, 0.15) is 0 Å². The van der Waals surface area contributed by atoms with Crippen LogP contribution < -0.4 is 0 Å². The molecule has 5 heteroatoms. The van der Waals surface area contributed by atoms with Gasteiger partial charge in [-0.15, -0.1) is 0 Å². The molecule has 0 saturated carbocycles. The highest BCUT2D eigenvalue weighted by molar-refractivity contribution is 5.85. The fourth-order valence-corrected chi connectivity index (χ4v) is 2.39. The fourth-order valence-electron chi connectivity index (χ4n) is 2.39. The highest BCUT2D eigenvalue weighted by atomic mass is 16.5. The molecule has 1 rings (SSSR count). The summed E-state index contributed by atoms with van der Waals surface area (Å²) < 4.78 is 5.01. The van der Waals surface area contributed by atoms with Crippen LogP contribution in [0, 0.1) is 11.8 Å². The van der Waals surface area contributed by atoms with Gasteiger partial charge >= 0.3 is 5.97 Å². The number of hydrogen-bond donors (Lipinski definition) is 1. The van der Waals surface area contributed by atoms with E-state index in [4.69, 9.17) is 4.74 Å². The molecule has 1 N–H and O–H groups in total. The second-order valence-electron chi connectivity index (χ2n) is 5.11. The van der Waals surface area contributed by atoms with Crippen LogP contribution in [0.5, 0.6) is 0 Å². The van der Waals surface area contributed by atoms with Crippen LogP contribution in [0.4, 0.5) is 0 Å². The first-order valence-corrected chi connectivity index (χ1v) is 6.66. The van der Waals surface area contributed by atoms with E-state index in [1.165, 1.54) is 0 Å². The van der Waals surface area contributed by atoms with Crippen molar-refractivity contribution in [1.82, 2.24) is 4.90 Å². The van der Waals surface area contributed by atoms with Gasteiger partial charge in [-0.25, -0.2) is 0 Å². The molecule has 0 fully saturated rings. The van der Waals surface area contributed by atoms with Crippen LogP contribution in [0.15, 0.2) is 12.2 Å². The Labute approximate surface area is 114 Å². The number of carboxylic acids is 1. The first-order valence-electron chi connectivity index (χ1n) is 6.66. The quantitative estimate of drug-likeness (QED) is 0.743. The summed E-state index contributed by atoms with van der Waals surface area (Å²) in [6, 6.07) is 0.0444.